The van der Waals surface area contributed by atoms with E-state index in [-0.39, 0.29) is 29.2 Å². The number of rotatable bonds is 7. The van der Waals surface area contributed by atoms with E-state index >= 15 is 0 Å². The molecule has 0 atom stereocenters. The monoisotopic (exact) mass is 504 g/mol. The first-order valence-corrected chi connectivity index (χ1v) is 11.4. The summed E-state index contributed by atoms with van der Waals surface area (Å²) in [5.41, 5.74) is 1.69. The number of carbonyl (C=O) groups is 1. The lowest BCUT2D eigenvalue weighted by atomic mass is 9.97. The molecular formula is C27H23F3N6O. The fourth-order valence-electron chi connectivity index (χ4n) is 3.97. The zero-order chi connectivity index (χ0) is 26.6. The van der Waals surface area contributed by atoms with Gasteiger partial charge in [0.1, 0.15) is 0 Å². The van der Waals surface area contributed by atoms with E-state index in [0.717, 1.165) is 11.1 Å². The van der Waals surface area contributed by atoms with E-state index in [1.54, 1.807) is 54.5 Å². The molecular weight excluding hydrogens is 481 g/mol. The van der Waals surface area contributed by atoms with Crippen LogP contribution >= 0.6 is 0 Å². The number of anilines is 2. The van der Waals surface area contributed by atoms with Crippen molar-refractivity contribution in [1.29, 1.82) is 5.26 Å². The van der Waals surface area contributed by atoms with Gasteiger partial charge in [-0.15, -0.1) is 0 Å². The smallest absolute Gasteiger partial charge is 0.384 e. The van der Waals surface area contributed by atoms with E-state index in [2.05, 4.69) is 20.7 Å². The summed E-state index contributed by atoms with van der Waals surface area (Å²) in [5, 5.41) is 18.4. The third-order valence-electron chi connectivity index (χ3n) is 5.67. The maximum absolute atomic E-state index is 14.5. The summed E-state index contributed by atoms with van der Waals surface area (Å²) < 4.78 is 45.0. The standard InChI is InChI=1S/C27H23F3N6O/c1-17(37)35-23-9-10-24(32-12-11-18-3-5-19(13-31)6-4-18)26(27(28,29)30)25(23)22-8-7-20(14-33-22)21-15-34-36(2)16-21/h3-10,14-16,32H,11-12H2,1-2H3,(H,35,37). The lowest BCUT2D eigenvalue weighted by molar-refractivity contribution is -0.136. The number of halogens is 3. The van der Waals surface area contributed by atoms with Gasteiger partial charge in [-0.25, -0.2) is 0 Å². The average molecular weight is 505 g/mol. The van der Waals surface area contributed by atoms with Crippen LogP contribution in [0.5, 0.6) is 0 Å². The van der Waals surface area contributed by atoms with Crippen LogP contribution < -0.4 is 10.6 Å². The number of alkyl halides is 3. The van der Waals surface area contributed by atoms with Crippen LogP contribution in [0.3, 0.4) is 0 Å². The Kier molecular flexibility index (Phi) is 7.25. The van der Waals surface area contributed by atoms with Crippen molar-refractivity contribution in [2.75, 3.05) is 17.2 Å². The highest BCUT2D eigenvalue weighted by Crippen LogP contribution is 2.45. The lowest BCUT2D eigenvalue weighted by Gasteiger charge is -2.21. The number of nitrogens with one attached hydrogen (secondary N) is 2. The number of nitriles is 1. The molecule has 2 N–H and O–H groups in total. The van der Waals surface area contributed by atoms with E-state index in [4.69, 9.17) is 5.26 Å². The minimum absolute atomic E-state index is 0.0131. The lowest BCUT2D eigenvalue weighted by Crippen LogP contribution is -2.17. The van der Waals surface area contributed by atoms with Crippen molar-refractivity contribution in [1.82, 2.24) is 14.8 Å². The molecule has 4 aromatic rings. The Balaban J connectivity index is 1.71. The van der Waals surface area contributed by atoms with E-state index in [9.17, 15) is 18.0 Å². The highest BCUT2D eigenvalue weighted by molar-refractivity contribution is 5.96. The van der Waals surface area contributed by atoms with Crippen molar-refractivity contribution in [3.8, 4) is 28.5 Å². The molecule has 0 fully saturated rings. The van der Waals surface area contributed by atoms with Gasteiger partial charge in [-0.05, 0) is 42.3 Å². The zero-order valence-corrected chi connectivity index (χ0v) is 20.1. The SMILES string of the molecule is CC(=O)Nc1ccc(NCCc2ccc(C#N)cc2)c(C(F)(F)F)c1-c1ccc(-c2cnn(C)c2)cn1. The van der Waals surface area contributed by atoms with E-state index in [0.29, 0.717) is 17.5 Å². The number of hydrogen-bond donors (Lipinski definition) is 2. The largest absolute Gasteiger partial charge is 0.419 e. The van der Waals surface area contributed by atoms with Gasteiger partial charge in [-0.3, -0.25) is 14.5 Å². The Morgan fingerprint density at radius 3 is 2.32 bits per heavy atom. The summed E-state index contributed by atoms with van der Waals surface area (Å²) in [5.74, 6) is -0.497. The number of amides is 1. The molecule has 0 bridgehead atoms. The molecule has 0 saturated heterocycles. The first-order valence-electron chi connectivity index (χ1n) is 11.4. The number of aromatic nitrogens is 3. The van der Waals surface area contributed by atoms with Gasteiger partial charge in [-0.2, -0.15) is 23.5 Å². The second-order valence-corrected chi connectivity index (χ2v) is 8.41. The molecule has 0 spiro atoms. The third-order valence-corrected chi connectivity index (χ3v) is 5.67. The van der Waals surface area contributed by atoms with Crippen molar-refractivity contribution in [2.45, 2.75) is 19.5 Å². The minimum Gasteiger partial charge on any atom is -0.384 e. The summed E-state index contributed by atoms with van der Waals surface area (Å²) in [4.78, 5) is 16.1. The van der Waals surface area contributed by atoms with Crippen molar-refractivity contribution in [3.05, 3.63) is 83.8 Å². The first-order chi connectivity index (χ1) is 17.7. The van der Waals surface area contributed by atoms with Gasteiger partial charge in [-0.1, -0.05) is 18.2 Å². The first kappa shape index (κ1) is 25.4. The Morgan fingerprint density at radius 1 is 1.03 bits per heavy atom. The normalized spacial score (nSPS) is 11.1. The number of hydrogen-bond acceptors (Lipinski definition) is 5. The van der Waals surface area contributed by atoms with Crippen LogP contribution in [-0.4, -0.2) is 27.2 Å². The van der Waals surface area contributed by atoms with Gasteiger partial charge < -0.3 is 10.6 Å². The molecule has 0 aliphatic heterocycles. The topological polar surface area (TPSA) is 95.6 Å². The van der Waals surface area contributed by atoms with Crippen LogP contribution in [0.2, 0.25) is 0 Å². The van der Waals surface area contributed by atoms with E-state index < -0.39 is 17.6 Å². The molecule has 4 rings (SSSR count). The Morgan fingerprint density at radius 2 is 1.76 bits per heavy atom. The molecule has 1 amide bonds. The summed E-state index contributed by atoms with van der Waals surface area (Å²) in [6, 6.07) is 14.8. The molecule has 37 heavy (non-hydrogen) atoms. The van der Waals surface area contributed by atoms with Gasteiger partial charge in [0.2, 0.25) is 5.91 Å². The Bertz CT molecular complexity index is 1450. The second kappa shape index (κ2) is 10.5. The summed E-state index contributed by atoms with van der Waals surface area (Å²) in [7, 11) is 1.76. The second-order valence-electron chi connectivity index (χ2n) is 8.41. The quantitative estimate of drug-likeness (QED) is 0.339. The van der Waals surface area contributed by atoms with E-state index in [1.165, 1.54) is 31.3 Å². The van der Waals surface area contributed by atoms with Crippen LogP contribution in [0, 0.1) is 11.3 Å². The Labute approximate surface area is 211 Å². The Hall–Kier alpha value is -4.65. The molecule has 7 nitrogen and oxygen atoms in total. The van der Waals surface area contributed by atoms with Crippen LogP contribution in [0.25, 0.3) is 22.4 Å². The summed E-state index contributed by atoms with van der Waals surface area (Å²) in [6.45, 7) is 1.46. The number of aryl methyl sites for hydroxylation is 1. The number of carbonyl (C=O) groups excluding carboxylic acids is 1. The number of benzene rings is 2. The molecule has 0 saturated carbocycles. The van der Waals surface area contributed by atoms with Crippen LogP contribution in [0.15, 0.2) is 67.1 Å². The highest BCUT2D eigenvalue weighted by Gasteiger charge is 2.38. The average Bonchev–Trinajstić information content (AvgIpc) is 3.30. The van der Waals surface area contributed by atoms with Crippen LogP contribution in [0.4, 0.5) is 24.5 Å². The van der Waals surface area contributed by atoms with Crippen LogP contribution in [0.1, 0.15) is 23.6 Å². The van der Waals surface area contributed by atoms with Gasteiger partial charge in [0.15, 0.2) is 0 Å². The molecule has 10 heteroatoms. The zero-order valence-electron chi connectivity index (χ0n) is 20.1. The predicted molar refractivity (Wildman–Crippen MR) is 135 cm³/mol. The van der Waals surface area contributed by atoms with Gasteiger partial charge in [0.05, 0.1) is 34.8 Å². The fourth-order valence-corrected chi connectivity index (χ4v) is 3.97. The molecule has 0 unspecified atom stereocenters. The van der Waals surface area contributed by atoms with Gasteiger partial charge in [0, 0.05) is 55.3 Å². The molecule has 2 aromatic carbocycles. The highest BCUT2D eigenvalue weighted by atomic mass is 19.4. The van der Waals surface area contributed by atoms with Crippen molar-refractivity contribution >= 4 is 17.3 Å². The van der Waals surface area contributed by atoms with E-state index in [1.807, 2.05) is 6.07 Å². The fraction of sp³-hybridized carbons (Fsp3) is 0.185. The maximum Gasteiger partial charge on any atom is 0.419 e. The summed E-state index contributed by atoms with van der Waals surface area (Å²) >= 11 is 0. The van der Waals surface area contributed by atoms with Crippen molar-refractivity contribution < 1.29 is 18.0 Å². The van der Waals surface area contributed by atoms with Crippen molar-refractivity contribution in [3.63, 3.8) is 0 Å². The van der Waals surface area contributed by atoms with Gasteiger partial charge in [0.25, 0.3) is 0 Å². The third kappa shape index (κ3) is 5.95. The van der Waals surface area contributed by atoms with Crippen LogP contribution in [-0.2, 0) is 24.4 Å². The minimum atomic E-state index is -4.73. The molecule has 0 aliphatic carbocycles. The number of nitrogens with zero attached hydrogens (tertiary/aromatic N) is 4. The molecule has 188 valence electrons. The molecule has 0 radical (unpaired) electrons. The molecule has 2 aromatic heterocycles. The molecule has 0 aliphatic rings. The van der Waals surface area contributed by atoms with Gasteiger partial charge >= 0.3 is 6.18 Å². The molecule has 2 heterocycles. The number of pyridine rings is 1. The van der Waals surface area contributed by atoms with Crippen molar-refractivity contribution in [2.24, 2.45) is 7.05 Å². The summed E-state index contributed by atoms with van der Waals surface area (Å²) in [6.07, 6.45) is 0.612. The maximum atomic E-state index is 14.5. The predicted octanol–water partition coefficient (Wildman–Crippen LogP) is 5.65.